The summed E-state index contributed by atoms with van der Waals surface area (Å²) in [5, 5.41) is 5.98. The van der Waals surface area contributed by atoms with Gasteiger partial charge < -0.3 is 15.5 Å². The number of fused-ring (bicyclic) bond motifs is 1. The summed E-state index contributed by atoms with van der Waals surface area (Å²) >= 11 is 0. The first kappa shape index (κ1) is 11.5. The summed E-state index contributed by atoms with van der Waals surface area (Å²) in [4.78, 5) is 14.2. The molecule has 1 atom stereocenters. The number of likely N-dealkylation sites (N-methyl/N-ethyl adjacent to an activating group) is 1. The number of benzene rings is 1. The molecule has 0 saturated carbocycles. The Morgan fingerprint density at radius 1 is 1.28 bits per heavy atom. The molecule has 2 heterocycles. The van der Waals surface area contributed by atoms with Crippen LogP contribution in [0.4, 0.5) is 11.4 Å². The number of nitrogens with zero attached hydrogens (tertiary/aromatic N) is 1. The van der Waals surface area contributed by atoms with Crippen LogP contribution in [0.1, 0.15) is 30.9 Å². The molecule has 3 rings (SSSR count). The molecule has 1 aromatic carbocycles. The molecule has 0 aromatic heterocycles. The fourth-order valence-corrected chi connectivity index (χ4v) is 2.88. The van der Waals surface area contributed by atoms with Crippen molar-refractivity contribution >= 4 is 17.3 Å². The van der Waals surface area contributed by atoms with Gasteiger partial charge >= 0.3 is 0 Å². The summed E-state index contributed by atoms with van der Waals surface area (Å²) in [6.07, 6.45) is 3.87. The first-order valence-corrected chi connectivity index (χ1v) is 6.66. The lowest BCUT2D eigenvalue weighted by Gasteiger charge is -2.29. The van der Waals surface area contributed by atoms with Crippen LogP contribution in [0.15, 0.2) is 18.2 Å². The van der Waals surface area contributed by atoms with Gasteiger partial charge in [-0.2, -0.15) is 0 Å². The highest BCUT2D eigenvalue weighted by Crippen LogP contribution is 2.34. The summed E-state index contributed by atoms with van der Waals surface area (Å²) in [5.41, 5.74) is 3.26. The zero-order valence-corrected chi connectivity index (χ0v) is 10.7. The van der Waals surface area contributed by atoms with Crippen molar-refractivity contribution in [2.45, 2.75) is 25.3 Å². The Bertz CT molecular complexity index is 466. The topological polar surface area (TPSA) is 44.4 Å². The third-order valence-electron chi connectivity index (χ3n) is 3.88. The van der Waals surface area contributed by atoms with E-state index in [4.69, 9.17) is 0 Å². The molecule has 4 heteroatoms. The van der Waals surface area contributed by atoms with Crippen LogP contribution < -0.4 is 15.5 Å². The molecule has 1 amide bonds. The number of carbonyl (C=O) groups is 1. The van der Waals surface area contributed by atoms with E-state index in [1.165, 1.54) is 24.9 Å². The van der Waals surface area contributed by atoms with E-state index in [0.29, 0.717) is 0 Å². The molecule has 0 radical (unpaired) electrons. The Hall–Kier alpha value is -1.55. The zero-order chi connectivity index (χ0) is 12.5. The van der Waals surface area contributed by atoms with Crippen LogP contribution in [0.5, 0.6) is 0 Å². The highest BCUT2D eigenvalue weighted by atomic mass is 16.2. The van der Waals surface area contributed by atoms with Gasteiger partial charge in [-0.05, 0) is 44.5 Å². The van der Waals surface area contributed by atoms with E-state index in [1.807, 2.05) is 13.1 Å². The van der Waals surface area contributed by atoms with Crippen molar-refractivity contribution in [3.8, 4) is 0 Å². The van der Waals surface area contributed by atoms with Crippen LogP contribution in [-0.4, -0.2) is 26.0 Å². The fraction of sp³-hybridized carbons (Fsp3) is 0.500. The number of piperidine rings is 1. The van der Waals surface area contributed by atoms with Gasteiger partial charge in [0, 0.05) is 30.0 Å². The molecular formula is C14H19N3O. The van der Waals surface area contributed by atoms with Gasteiger partial charge in [0.1, 0.15) is 6.04 Å². The number of amides is 1. The number of hydrogen-bond acceptors (Lipinski definition) is 3. The second-order valence-corrected chi connectivity index (χ2v) is 5.03. The van der Waals surface area contributed by atoms with Crippen LogP contribution in [0.25, 0.3) is 0 Å². The molecule has 1 aromatic rings. The Morgan fingerprint density at radius 3 is 2.78 bits per heavy atom. The monoisotopic (exact) mass is 245 g/mol. The molecule has 1 fully saturated rings. The van der Waals surface area contributed by atoms with Crippen LogP contribution >= 0.6 is 0 Å². The third-order valence-corrected chi connectivity index (χ3v) is 3.88. The van der Waals surface area contributed by atoms with Crippen molar-refractivity contribution in [1.29, 1.82) is 0 Å². The van der Waals surface area contributed by atoms with E-state index in [2.05, 4.69) is 27.7 Å². The predicted octanol–water partition coefficient (Wildman–Crippen LogP) is 1.89. The quantitative estimate of drug-likeness (QED) is 0.836. The second kappa shape index (κ2) is 4.61. The molecular weight excluding hydrogens is 226 g/mol. The average Bonchev–Trinajstić information content (AvgIpc) is 2.74. The van der Waals surface area contributed by atoms with Crippen LogP contribution in [0, 0.1) is 0 Å². The molecule has 4 nitrogen and oxygen atoms in total. The molecule has 18 heavy (non-hydrogen) atoms. The van der Waals surface area contributed by atoms with Gasteiger partial charge in [0.05, 0.1) is 0 Å². The molecule has 0 bridgehead atoms. The van der Waals surface area contributed by atoms with E-state index in [0.717, 1.165) is 24.3 Å². The van der Waals surface area contributed by atoms with E-state index < -0.39 is 0 Å². The van der Waals surface area contributed by atoms with Gasteiger partial charge in [-0.15, -0.1) is 0 Å². The first-order valence-electron chi connectivity index (χ1n) is 6.66. The smallest absolute Gasteiger partial charge is 0.246 e. The molecule has 1 unspecified atom stereocenters. The normalized spacial score (nSPS) is 22.8. The van der Waals surface area contributed by atoms with Crippen molar-refractivity contribution in [3.63, 3.8) is 0 Å². The zero-order valence-electron chi connectivity index (χ0n) is 10.7. The molecule has 2 aliphatic heterocycles. The summed E-state index contributed by atoms with van der Waals surface area (Å²) < 4.78 is 0. The lowest BCUT2D eigenvalue weighted by atomic mass is 10.1. The summed E-state index contributed by atoms with van der Waals surface area (Å²) in [6, 6.07) is 6.08. The van der Waals surface area contributed by atoms with Crippen LogP contribution in [-0.2, 0) is 4.79 Å². The lowest BCUT2D eigenvalue weighted by molar-refractivity contribution is -0.117. The maximum Gasteiger partial charge on any atom is 0.246 e. The van der Waals surface area contributed by atoms with Gasteiger partial charge in [0.15, 0.2) is 0 Å². The average molecular weight is 245 g/mol. The Labute approximate surface area is 107 Å². The molecule has 1 saturated heterocycles. The number of rotatable bonds is 2. The third kappa shape index (κ3) is 1.86. The van der Waals surface area contributed by atoms with Crippen molar-refractivity contribution < 1.29 is 4.79 Å². The number of carbonyl (C=O) groups excluding carboxylic acids is 1. The van der Waals surface area contributed by atoms with Crippen molar-refractivity contribution in [2.75, 3.05) is 30.4 Å². The van der Waals surface area contributed by atoms with E-state index in [-0.39, 0.29) is 11.9 Å². The minimum absolute atomic E-state index is 0.0447. The maximum atomic E-state index is 11.8. The van der Waals surface area contributed by atoms with Gasteiger partial charge in [-0.1, -0.05) is 0 Å². The van der Waals surface area contributed by atoms with Gasteiger partial charge in [0.25, 0.3) is 0 Å². The molecule has 0 spiro atoms. The minimum Gasteiger partial charge on any atom is -0.372 e. The minimum atomic E-state index is -0.204. The van der Waals surface area contributed by atoms with Gasteiger partial charge in [-0.3, -0.25) is 4.79 Å². The largest absolute Gasteiger partial charge is 0.372 e. The highest BCUT2D eigenvalue weighted by Gasteiger charge is 2.29. The fourth-order valence-electron chi connectivity index (χ4n) is 2.88. The Kier molecular flexibility index (Phi) is 2.96. The standard InChI is InChI=1S/C14H19N3O/c1-15-13-11-9-10(17-7-3-2-4-8-17)5-6-12(11)16-14(13)18/h5-6,9,13,15H,2-4,7-8H2,1H3,(H,16,18). The van der Waals surface area contributed by atoms with Crippen molar-refractivity contribution in [3.05, 3.63) is 23.8 Å². The molecule has 96 valence electrons. The van der Waals surface area contributed by atoms with Crippen LogP contribution in [0.2, 0.25) is 0 Å². The number of hydrogen-bond donors (Lipinski definition) is 2. The van der Waals surface area contributed by atoms with E-state index in [1.54, 1.807) is 0 Å². The van der Waals surface area contributed by atoms with Crippen LogP contribution in [0.3, 0.4) is 0 Å². The number of anilines is 2. The Morgan fingerprint density at radius 2 is 2.06 bits per heavy atom. The first-order chi connectivity index (χ1) is 8.79. The summed E-state index contributed by atoms with van der Waals surface area (Å²) in [6.45, 7) is 2.26. The SMILES string of the molecule is CNC1C(=O)Nc2ccc(N3CCCCC3)cc21. The Balaban J connectivity index is 1.91. The number of nitrogens with one attached hydrogen (secondary N) is 2. The molecule has 2 N–H and O–H groups in total. The predicted molar refractivity (Wildman–Crippen MR) is 72.9 cm³/mol. The van der Waals surface area contributed by atoms with Crippen molar-refractivity contribution in [2.24, 2.45) is 0 Å². The highest BCUT2D eigenvalue weighted by molar-refractivity contribution is 6.03. The van der Waals surface area contributed by atoms with E-state index in [9.17, 15) is 4.79 Å². The maximum absolute atomic E-state index is 11.8. The lowest BCUT2D eigenvalue weighted by Crippen LogP contribution is -2.29. The van der Waals surface area contributed by atoms with Gasteiger partial charge in [0.2, 0.25) is 5.91 Å². The van der Waals surface area contributed by atoms with Crippen molar-refractivity contribution in [1.82, 2.24) is 5.32 Å². The van der Waals surface area contributed by atoms with Gasteiger partial charge in [-0.25, -0.2) is 0 Å². The second-order valence-electron chi connectivity index (χ2n) is 5.03. The molecule has 0 aliphatic carbocycles. The molecule has 2 aliphatic rings. The van der Waals surface area contributed by atoms with E-state index >= 15 is 0 Å². The summed E-state index contributed by atoms with van der Waals surface area (Å²) in [5.74, 6) is 0.0447. The summed E-state index contributed by atoms with van der Waals surface area (Å²) in [7, 11) is 1.83.